The van der Waals surface area contributed by atoms with E-state index in [1.165, 1.54) is 0 Å². The molecule has 1 unspecified atom stereocenters. The first kappa shape index (κ1) is 15.3. The number of primary amides is 1. The van der Waals surface area contributed by atoms with Crippen molar-refractivity contribution in [1.82, 2.24) is 0 Å². The second-order valence-electron chi connectivity index (χ2n) is 4.56. The topological polar surface area (TPSA) is 55.1 Å². The molecule has 0 bridgehead atoms. The van der Waals surface area contributed by atoms with E-state index in [0.29, 0.717) is 11.1 Å². The summed E-state index contributed by atoms with van der Waals surface area (Å²) in [6.45, 7) is 1.77. The highest BCUT2D eigenvalue weighted by Gasteiger charge is 2.16. The molecule has 0 heterocycles. The predicted octanol–water partition coefficient (Wildman–Crippen LogP) is 3.89. The van der Waals surface area contributed by atoms with Gasteiger partial charge in [-0.3, -0.25) is 4.79 Å². The van der Waals surface area contributed by atoms with Crippen LogP contribution in [0.5, 0.6) is 0 Å². The Bertz CT molecular complexity index is 691. The van der Waals surface area contributed by atoms with E-state index in [2.05, 4.69) is 5.32 Å². The molecule has 6 heteroatoms. The molecule has 3 nitrogen and oxygen atoms in total. The highest BCUT2D eigenvalue weighted by atomic mass is 35.5. The van der Waals surface area contributed by atoms with Crippen LogP contribution in [0.3, 0.4) is 0 Å². The lowest BCUT2D eigenvalue weighted by Gasteiger charge is -2.18. The number of carbonyl (C=O) groups is 1. The fourth-order valence-electron chi connectivity index (χ4n) is 1.99. The Morgan fingerprint density at radius 1 is 1.24 bits per heavy atom. The quantitative estimate of drug-likeness (QED) is 0.900. The van der Waals surface area contributed by atoms with Gasteiger partial charge >= 0.3 is 0 Å². The lowest BCUT2D eigenvalue weighted by Crippen LogP contribution is -2.15. The number of nitrogens with two attached hydrogens (primary N) is 1. The van der Waals surface area contributed by atoms with E-state index in [-0.39, 0.29) is 17.3 Å². The van der Waals surface area contributed by atoms with Crippen molar-refractivity contribution in [3.05, 3.63) is 64.2 Å². The van der Waals surface area contributed by atoms with Crippen LogP contribution in [-0.2, 0) is 0 Å². The standard InChI is InChI=1S/C15H13ClF2N2O/c1-8(9-4-2-3-5-11(9)16)20-14-6-10(15(19)21)12(17)7-13(14)18/h2-8,20H,1H3,(H2,19,21). The molecule has 0 spiro atoms. The van der Waals surface area contributed by atoms with Crippen molar-refractivity contribution < 1.29 is 13.6 Å². The zero-order valence-corrected chi connectivity index (χ0v) is 11.9. The van der Waals surface area contributed by atoms with Crippen LogP contribution in [0, 0.1) is 11.6 Å². The first-order chi connectivity index (χ1) is 9.90. The van der Waals surface area contributed by atoms with E-state index >= 15 is 0 Å². The van der Waals surface area contributed by atoms with Crippen molar-refractivity contribution in [3.8, 4) is 0 Å². The number of anilines is 1. The number of nitrogens with one attached hydrogen (secondary N) is 1. The van der Waals surface area contributed by atoms with Crippen molar-refractivity contribution in [2.24, 2.45) is 5.73 Å². The highest BCUT2D eigenvalue weighted by molar-refractivity contribution is 6.31. The molecule has 0 saturated carbocycles. The third-order valence-corrected chi connectivity index (χ3v) is 3.41. The summed E-state index contributed by atoms with van der Waals surface area (Å²) in [5.41, 5.74) is 5.42. The van der Waals surface area contributed by atoms with Crippen LogP contribution in [0.2, 0.25) is 5.02 Å². The number of amides is 1. The van der Waals surface area contributed by atoms with Gasteiger partial charge in [0.25, 0.3) is 5.91 Å². The fraction of sp³-hybridized carbons (Fsp3) is 0.133. The first-order valence-corrected chi connectivity index (χ1v) is 6.57. The molecule has 2 aromatic carbocycles. The molecular formula is C15H13ClF2N2O. The number of hydrogen-bond acceptors (Lipinski definition) is 2. The minimum Gasteiger partial charge on any atom is -0.376 e. The van der Waals surface area contributed by atoms with Gasteiger partial charge in [-0.1, -0.05) is 29.8 Å². The molecule has 0 fully saturated rings. The van der Waals surface area contributed by atoms with Crippen molar-refractivity contribution >= 4 is 23.2 Å². The molecule has 2 aromatic rings. The van der Waals surface area contributed by atoms with Crippen LogP contribution in [0.1, 0.15) is 28.9 Å². The van der Waals surface area contributed by atoms with Gasteiger partial charge in [-0.25, -0.2) is 8.78 Å². The summed E-state index contributed by atoms with van der Waals surface area (Å²) in [6.07, 6.45) is 0. The number of halogens is 3. The van der Waals surface area contributed by atoms with Gasteiger partial charge < -0.3 is 11.1 Å². The molecule has 1 atom stereocenters. The Labute approximate surface area is 125 Å². The number of carbonyl (C=O) groups excluding carboxylic acids is 1. The maximum absolute atomic E-state index is 13.8. The Balaban J connectivity index is 2.33. The van der Waals surface area contributed by atoms with Crippen molar-refractivity contribution in [3.63, 3.8) is 0 Å². The molecule has 110 valence electrons. The summed E-state index contributed by atoms with van der Waals surface area (Å²) in [6, 6.07) is 8.43. The number of hydrogen-bond donors (Lipinski definition) is 2. The minimum absolute atomic E-state index is 0.0161. The largest absolute Gasteiger partial charge is 0.376 e. The van der Waals surface area contributed by atoms with E-state index in [1.807, 2.05) is 0 Å². The monoisotopic (exact) mass is 310 g/mol. The third-order valence-electron chi connectivity index (χ3n) is 3.07. The first-order valence-electron chi connectivity index (χ1n) is 6.20. The second-order valence-corrected chi connectivity index (χ2v) is 4.97. The highest BCUT2D eigenvalue weighted by Crippen LogP contribution is 2.28. The van der Waals surface area contributed by atoms with Crippen molar-refractivity contribution in [2.45, 2.75) is 13.0 Å². The van der Waals surface area contributed by atoms with E-state index in [9.17, 15) is 13.6 Å². The molecule has 0 aromatic heterocycles. The van der Waals surface area contributed by atoms with Crippen LogP contribution < -0.4 is 11.1 Å². The van der Waals surface area contributed by atoms with Gasteiger partial charge in [-0.2, -0.15) is 0 Å². The summed E-state index contributed by atoms with van der Waals surface area (Å²) >= 11 is 6.06. The molecule has 1 amide bonds. The van der Waals surface area contributed by atoms with Crippen LogP contribution in [0.25, 0.3) is 0 Å². The average molecular weight is 311 g/mol. The molecular weight excluding hydrogens is 298 g/mol. The molecule has 0 aliphatic rings. The fourth-order valence-corrected chi connectivity index (χ4v) is 2.29. The van der Waals surface area contributed by atoms with Gasteiger partial charge in [0.1, 0.15) is 11.6 Å². The number of benzene rings is 2. The Hall–Kier alpha value is -2.14. The van der Waals surface area contributed by atoms with Crippen LogP contribution in [-0.4, -0.2) is 5.91 Å². The van der Waals surface area contributed by atoms with E-state index in [1.54, 1.807) is 31.2 Å². The van der Waals surface area contributed by atoms with Gasteiger partial charge in [-0.15, -0.1) is 0 Å². The lowest BCUT2D eigenvalue weighted by molar-refractivity contribution is 0.0996. The van der Waals surface area contributed by atoms with Crippen LogP contribution in [0.15, 0.2) is 36.4 Å². The summed E-state index contributed by atoms with van der Waals surface area (Å²) in [5.74, 6) is -2.76. The van der Waals surface area contributed by atoms with Crippen molar-refractivity contribution in [2.75, 3.05) is 5.32 Å². The van der Waals surface area contributed by atoms with Crippen LogP contribution in [0.4, 0.5) is 14.5 Å². The summed E-state index contributed by atoms with van der Waals surface area (Å²) in [5, 5.41) is 3.38. The smallest absolute Gasteiger partial charge is 0.251 e. The summed E-state index contributed by atoms with van der Waals surface area (Å²) in [7, 11) is 0. The maximum Gasteiger partial charge on any atom is 0.251 e. The molecule has 2 rings (SSSR count). The molecule has 21 heavy (non-hydrogen) atoms. The van der Waals surface area contributed by atoms with E-state index in [4.69, 9.17) is 17.3 Å². The zero-order valence-electron chi connectivity index (χ0n) is 11.2. The Morgan fingerprint density at radius 2 is 1.90 bits per heavy atom. The predicted molar refractivity (Wildman–Crippen MR) is 78.4 cm³/mol. The van der Waals surface area contributed by atoms with Crippen LogP contribution >= 0.6 is 11.6 Å². The van der Waals surface area contributed by atoms with E-state index < -0.39 is 17.5 Å². The summed E-state index contributed by atoms with van der Waals surface area (Å²) in [4.78, 5) is 11.1. The van der Waals surface area contributed by atoms with Gasteiger partial charge in [0.05, 0.1) is 17.3 Å². The van der Waals surface area contributed by atoms with Gasteiger partial charge in [0.2, 0.25) is 0 Å². The molecule has 0 saturated heterocycles. The molecule has 3 N–H and O–H groups in total. The maximum atomic E-state index is 13.8. The third kappa shape index (κ3) is 3.31. The van der Waals surface area contributed by atoms with Gasteiger partial charge in [0, 0.05) is 11.1 Å². The molecule has 0 aliphatic heterocycles. The van der Waals surface area contributed by atoms with E-state index in [0.717, 1.165) is 11.6 Å². The second kappa shape index (κ2) is 6.10. The number of rotatable bonds is 4. The zero-order chi connectivity index (χ0) is 15.6. The van der Waals surface area contributed by atoms with Crippen molar-refractivity contribution in [1.29, 1.82) is 0 Å². The van der Waals surface area contributed by atoms with Gasteiger partial charge in [-0.05, 0) is 24.6 Å². The summed E-state index contributed by atoms with van der Waals surface area (Å²) < 4.78 is 27.2. The van der Waals surface area contributed by atoms with Gasteiger partial charge in [0.15, 0.2) is 0 Å². The lowest BCUT2D eigenvalue weighted by atomic mass is 10.1. The minimum atomic E-state index is -0.990. The molecule has 0 aliphatic carbocycles. The molecule has 0 radical (unpaired) electrons. The normalized spacial score (nSPS) is 12.0. The Morgan fingerprint density at radius 3 is 2.52 bits per heavy atom. The SMILES string of the molecule is CC(Nc1cc(C(N)=O)c(F)cc1F)c1ccccc1Cl. The Kier molecular flexibility index (Phi) is 4.43. The average Bonchev–Trinajstić information content (AvgIpc) is 2.41.